The van der Waals surface area contributed by atoms with Crippen LogP contribution in [0.25, 0.3) is 0 Å². The quantitative estimate of drug-likeness (QED) is 0.593. The molecule has 1 N–H and O–H groups in total. The van der Waals surface area contributed by atoms with E-state index >= 15 is 0 Å². The fourth-order valence-corrected chi connectivity index (χ4v) is 3.38. The zero-order chi connectivity index (χ0) is 16.8. The minimum Gasteiger partial charge on any atom is -0.345 e. The highest BCUT2D eigenvalue weighted by atomic mass is 32.2. The lowest BCUT2D eigenvalue weighted by Gasteiger charge is -2.18. The molecule has 120 valence electrons. The Morgan fingerprint density at radius 1 is 1.26 bits per heavy atom. The second kappa shape index (κ2) is 8.02. The number of rotatable bonds is 6. The highest BCUT2D eigenvalue weighted by Gasteiger charge is 2.15. The standard InChI is InChI=1S/C20H23NOS/c1-5-12-23-19-9-7-6-8-18(19)20(22)21-16(4)17-11-10-14(2)13-15(17)3/h5-11,13,16H,1,12H2,2-4H3,(H,21,22)/t16-/m0/s1. The predicted molar refractivity (Wildman–Crippen MR) is 99.2 cm³/mol. The molecule has 3 heteroatoms. The first-order chi connectivity index (χ1) is 11.0. The summed E-state index contributed by atoms with van der Waals surface area (Å²) in [5.74, 6) is 0.751. The van der Waals surface area contributed by atoms with Crippen molar-refractivity contribution in [2.75, 3.05) is 5.75 Å². The molecule has 2 nitrogen and oxygen atoms in total. The molecule has 2 rings (SSSR count). The van der Waals surface area contributed by atoms with Gasteiger partial charge in [-0.3, -0.25) is 4.79 Å². The molecule has 2 aromatic carbocycles. The van der Waals surface area contributed by atoms with Crippen LogP contribution in [-0.2, 0) is 0 Å². The van der Waals surface area contributed by atoms with E-state index in [0.717, 1.165) is 21.8 Å². The van der Waals surface area contributed by atoms with E-state index in [9.17, 15) is 4.79 Å². The van der Waals surface area contributed by atoms with E-state index < -0.39 is 0 Å². The van der Waals surface area contributed by atoms with E-state index in [1.807, 2.05) is 37.3 Å². The van der Waals surface area contributed by atoms with Gasteiger partial charge < -0.3 is 5.32 Å². The monoisotopic (exact) mass is 325 g/mol. The summed E-state index contributed by atoms with van der Waals surface area (Å²) in [5.41, 5.74) is 4.30. The summed E-state index contributed by atoms with van der Waals surface area (Å²) in [5, 5.41) is 3.11. The Balaban J connectivity index is 2.17. The molecule has 2 aromatic rings. The number of hydrogen-bond acceptors (Lipinski definition) is 2. The first-order valence-corrected chi connectivity index (χ1v) is 8.72. The van der Waals surface area contributed by atoms with Gasteiger partial charge in [-0.05, 0) is 44.0 Å². The van der Waals surface area contributed by atoms with Crippen LogP contribution >= 0.6 is 11.8 Å². The van der Waals surface area contributed by atoms with Crippen molar-refractivity contribution >= 4 is 17.7 Å². The Bertz CT molecular complexity index is 709. The van der Waals surface area contributed by atoms with Gasteiger partial charge in [0.05, 0.1) is 11.6 Å². The van der Waals surface area contributed by atoms with Crippen LogP contribution in [0, 0.1) is 13.8 Å². The normalized spacial score (nSPS) is 11.8. The number of benzene rings is 2. The Morgan fingerprint density at radius 2 is 2.00 bits per heavy atom. The first-order valence-electron chi connectivity index (χ1n) is 7.73. The van der Waals surface area contributed by atoms with Crippen LogP contribution in [0.3, 0.4) is 0 Å². The lowest BCUT2D eigenvalue weighted by molar-refractivity contribution is 0.0937. The average molecular weight is 325 g/mol. The van der Waals surface area contributed by atoms with Gasteiger partial charge in [0, 0.05) is 10.6 Å². The number of hydrogen-bond donors (Lipinski definition) is 1. The highest BCUT2D eigenvalue weighted by Crippen LogP contribution is 2.24. The third-order valence-electron chi connectivity index (χ3n) is 3.73. The molecule has 0 aliphatic rings. The van der Waals surface area contributed by atoms with Gasteiger partial charge in [0.2, 0.25) is 0 Å². The van der Waals surface area contributed by atoms with Gasteiger partial charge in [0.1, 0.15) is 0 Å². The number of aryl methyl sites for hydroxylation is 2. The molecule has 0 fully saturated rings. The Kier molecular flexibility index (Phi) is 6.05. The SMILES string of the molecule is C=CCSc1ccccc1C(=O)N[C@@H](C)c1ccc(C)cc1C. The van der Waals surface area contributed by atoms with Crippen molar-refractivity contribution < 1.29 is 4.79 Å². The maximum absolute atomic E-state index is 12.6. The Morgan fingerprint density at radius 3 is 2.70 bits per heavy atom. The van der Waals surface area contributed by atoms with E-state index in [4.69, 9.17) is 0 Å². The van der Waals surface area contributed by atoms with Crippen LogP contribution in [0.4, 0.5) is 0 Å². The van der Waals surface area contributed by atoms with Crippen LogP contribution < -0.4 is 5.32 Å². The predicted octanol–water partition coefficient (Wildman–Crippen LogP) is 5.07. The Hall–Kier alpha value is -2.00. The van der Waals surface area contributed by atoms with Gasteiger partial charge in [-0.2, -0.15) is 0 Å². The lowest BCUT2D eigenvalue weighted by Crippen LogP contribution is -2.27. The fourth-order valence-electron chi connectivity index (χ4n) is 2.59. The molecule has 0 radical (unpaired) electrons. The number of thioether (sulfide) groups is 1. The van der Waals surface area contributed by atoms with Gasteiger partial charge in [-0.25, -0.2) is 0 Å². The topological polar surface area (TPSA) is 29.1 Å². The minimum atomic E-state index is -0.0374. The molecule has 1 atom stereocenters. The molecule has 0 heterocycles. The third-order valence-corrected chi connectivity index (χ3v) is 4.80. The molecule has 1 amide bonds. The van der Waals surface area contributed by atoms with E-state index in [0.29, 0.717) is 0 Å². The summed E-state index contributed by atoms with van der Waals surface area (Å²) in [6, 6.07) is 14.0. The molecule has 0 bridgehead atoms. The molecule has 0 aromatic heterocycles. The highest BCUT2D eigenvalue weighted by molar-refractivity contribution is 7.99. The average Bonchev–Trinajstić information content (AvgIpc) is 2.52. The summed E-state index contributed by atoms with van der Waals surface area (Å²) < 4.78 is 0. The van der Waals surface area contributed by atoms with Crippen molar-refractivity contribution in [3.63, 3.8) is 0 Å². The molecule has 23 heavy (non-hydrogen) atoms. The largest absolute Gasteiger partial charge is 0.345 e. The van der Waals surface area contributed by atoms with Crippen molar-refractivity contribution in [3.05, 3.63) is 77.4 Å². The second-order valence-electron chi connectivity index (χ2n) is 5.65. The van der Waals surface area contributed by atoms with Crippen molar-refractivity contribution in [2.45, 2.75) is 31.7 Å². The molecule has 0 saturated heterocycles. The summed E-state index contributed by atoms with van der Waals surface area (Å²) in [4.78, 5) is 13.6. The minimum absolute atomic E-state index is 0.0273. The zero-order valence-electron chi connectivity index (χ0n) is 13.9. The zero-order valence-corrected chi connectivity index (χ0v) is 14.7. The van der Waals surface area contributed by atoms with Crippen LogP contribution in [0.15, 0.2) is 60.0 Å². The molecule has 0 aliphatic carbocycles. The van der Waals surface area contributed by atoms with E-state index in [1.165, 1.54) is 11.1 Å². The molecular weight excluding hydrogens is 302 g/mol. The lowest BCUT2D eigenvalue weighted by atomic mass is 10.00. The van der Waals surface area contributed by atoms with Crippen molar-refractivity contribution in [3.8, 4) is 0 Å². The molecule has 0 saturated carbocycles. The Labute approximate surface area is 143 Å². The van der Waals surface area contributed by atoms with E-state index in [-0.39, 0.29) is 11.9 Å². The van der Waals surface area contributed by atoms with Crippen LogP contribution in [0.1, 0.15) is 40.0 Å². The van der Waals surface area contributed by atoms with Crippen LogP contribution in [0.5, 0.6) is 0 Å². The van der Waals surface area contributed by atoms with Gasteiger partial charge in [-0.15, -0.1) is 18.3 Å². The number of carbonyl (C=O) groups excluding carboxylic acids is 1. The fraction of sp³-hybridized carbons (Fsp3) is 0.250. The number of carbonyl (C=O) groups is 1. The van der Waals surface area contributed by atoms with Crippen LogP contribution in [-0.4, -0.2) is 11.7 Å². The summed E-state index contributed by atoms with van der Waals surface area (Å²) in [6.07, 6.45) is 1.84. The van der Waals surface area contributed by atoms with Crippen molar-refractivity contribution in [1.82, 2.24) is 5.32 Å². The molecule has 0 unspecified atom stereocenters. The van der Waals surface area contributed by atoms with Gasteiger partial charge in [0.25, 0.3) is 5.91 Å². The maximum Gasteiger partial charge on any atom is 0.252 e. The third kappa shape index (κ3) is 4.49. The second-order valence-corrected chi connectivity index (χ2v) is 6.71. The van der Waals surface area contributed by atoms with Gasteiger partial charge in [0.15, 0.2) is 0 Å². The number of amides is 1. The van der Waals surface area contributed by atoms with Crippen LogP contribution in [0.2, 0.25) is 0 Å². The van der Waals surface area contributed by atoms with Gasteiger partial charge >= 0.3 is 0 Å². The summed E-state index contributed by atoms with van der Waals surface area (Å²) in [7, 11) is 0. The molecule has 0 spiro atoms. The van der Waals surface area contributed by atoms with Gasteiger partial charge in [-0.1, -0.05) is 42.0 Å². The molecular formula is C20H23NOS. The van der Waals surface area contributed by atoms with E-state index in [1.54, 1.807) is 11.8 Å². The molecule has 0 aliphatic heterocycles. The first kappa shape index (κ1) is 17.4. The van der Waals surface area contributed by atoms with E-state index in [2.05, 4.69) is 43.9 Å². The smallest absolute Gasteiger partial charge is 0.252 e. The van der Waals surface area contributed by atoms with Crippen molar-refractivity contribution in [2.24, 2.45) is 0 Å². The maximum atomic E-state index is 12.6. The number of nitrogens with one attached hydrogen (secondary N) is 1. The van der Waals surface area contributed by atoms with Crippen molar-refractivity contribution in [1.29, 1.82) is 0 Å². The summed E-state index contributed by atoms with van der Waals surface area (Å²) in [6.45, 7) is 9.92. The summed E-state index contributed by atoms with van der Waals surface area (Å²) >= 11 is 1.62.